The Hall–Kier alpha value is -1.94. The van der Waals surface area contributed by atoms with Crippen molar-refractivity contribution in [2.24, 2.45) is 5.73 Å². The van der Waals surface area contributed by atoms with Gasteiger partial charge in [-0.2, -0.15) is 5.26 Å². The van der Waals surface area contributed by atoms with Gasteiger partial charge < -0.3 is 5.73 Å². The quantitative estimate of drug-likeness (QED) is 0.843. The topological polar surface area (TPSA) is 83.0 Å². The molecule has 1 aliphatic rings. The molecule has 8 heteroatoms. The van der Waals surface area contributed by atoms with E-state index in [1.165, 1.54) is 28.8 Å². The molecule has 2 N–H and O–H groups in total. The molecule has 1 atom stereocenters. The minimum absolute atomic E-state index is 0.313. The number of halogens is 2. The molecule has 0 bridgehead atoms. The second-order valence-electron chi connectivity index (χ2n) is 4.49. The standard InChI is InChI=1S/C14H8Cl2N4OS/c15-8-3-7(5-17)4-9(16)12(8)13-20(14(18)21)10-1-2-19-6-11(10)22-13/h1-4,6,13H,(H2,18,21). The largest absolute Gasteiger partial charge is 0.351 e. The van der Waals surface area contributed by atoms with Crippen molar-refractivity contribution in [3.05, 3.63) is 51.8 Å². The molecule has 2 heterocycles. The molecule has 0 saturated heterocycles. The average molecular weight is 351 g/mol. The summed E-state index contributed by atoms with van der Waals surface area (Å²) in [6.07, 6.45) is 3.24. The number of hydrogen-bond donors (Lipinski definition) is 1. The van der Waals surface area contributed by atoms with Gasteiger partial charge in [-0.05, 0) is 18.2 Å². The van der Waals surface area contributed by atoms with Gasteiger partial charge in [0.15, 0.2) is 0 Å². The molecule has 0 saturated carbocycles. The lowest BCUT2D eigenvalue weighted by atomic mass is 10.1. The molecular weight excluding hydrogens is 343 g/mol. The van der Waals surface area contributed by atoms with E-state index in [0.717, 1.165) is 4.90 Å². The molecule has 22 heavy (non-hydrogen) atoms. The SMILES string of the molecule is N#Cc1cc(Cl)c(C2Sc3cnccc3N2C(N)=O)c(Cl)c1. The number of nitrogens with zero attached hydrogens (tertiary/aromatic N) is 3. The monoisotopic (exact) mass is 350 g/mol. The molecule has 3 rings (SSSR count). The highest BCUT2D eigenvalue weighted by atomic mass is 35.5. The van der Waals surface area contributed by atoms with E-state index >= 15 is 0 Å². The molecule has 5 nitrogen and oxygen atoms in total. The lowest BCUT2D eigenvalue weighted by molar-refractivity contribution is 0.253. The second kappa shape index (κ2) is 5.69. The van der Waals surface area contributed by atoms with E-state index in [0.29, 0.717) is 26.9 Å². The fourth-order valence-electron chi connectivity index (χ4n) is 2.27. The van der Waals surface area contributed by atoms with E-state index in [9.17, 15) is 4.79 Å². The summed E-state index contributed by atoms with van der Waals surface area (Å²) in [6.45, 7) is 0. The van der Waals surface area contributed by atoms with Crippen LogP contribution in [0.2, 0.25) is 10.0 Å². The Morgan fingerprint density at radius 1 is 1.41 bits per heavy atom. The maximum absolute atomic E-state index is 11.9. The van der Waals surface area contributed by atoms with Crippen LogP contribution >= 0.6 is 35.0 Å². The van der Waals surface area contributed by atoms with Crippen LogP contribution in [0.4, 0.5) is 10.5 Å². The zero-order chi connectivity index (χ0) is 15.9. The molecule has 0 aliphatic carbocycles. The van der Waals surface area contributed by atoms with Crippen molar-refractivity contribution in [3.8, 4) is 6.07 Å². The number of primary amides is 1. The maximum atomic E-state index is 11.9. The van der Waals surface area contributed by atoms with Crippen LogP contribution in [0.25, 0.3) is 0 Å². The zero-order valence-corrected chi connectivity index (χ0v) is 13.3. The van der Waals surface area contributed by atoms with Crippen LogP contribution in [0.15, 0.2) is 35.5 Å². The lowest BCUT2D eigenvalue weighted by Crippen LogP contribution is -2.35. The van der Waals surface area contributed by atoms with Gasteiger partial charge in [-0.25, -0.2) is 4.79 Å². The van der Waals surface area contributed by atoms with Gasteiger partial charge in [-0.3, -0.25) is 9.88 Å². The number of urea groups is 1. The van der Waals surface area contributed by atoms with Crippen molar-refractivity contribution in [2.45, 2.75) is 10.3 Å². The van der Waals surface area contributed by atoms with E-state index < -0.39 is 11.4 Å². The van der Waals surface area contributed by atoms with Crippen molar-refractivity contribution in [1.82, 2.24) is 4.98 Å². The van der Waals surface area contributed by atoms with Gasteiger partial charge in [-0.1, -0.05) is 35.0 Å². The Morgan fingerprint density at radius 2 is 2.09 bits per heavy atom. The van der Waals surface area contributed by atoms with Gasteiger partial charge in [-0.15, -0.1) is 0 Å². The summed E-state index contributed by atoms with van der Waals surface area (Å²) in [5.74, 6) is 0. The van der Waals surface area contributed by atoms with Crippen LogP contribution in [-0.4, -0.2) is 11.0 Å². The van der Waals surface area contributed by atoms with Crippen molar-refractivity contribution >= 4 is 46.7 Å². The van der Waals surface area contributed by atoms with Gasteiger partial charge in [0.2, 0.25) is 0 Å². The van der Waals surface area contributed by atoms with E-state index in [1.807, 2.05) is 6.07 Å². The third-order valence-corrected chi connectivity index (χ3v) is 5.05. The summed E-state index contributed by atoms with van der Waals surface area (Å²) in [4.78, 5) is 18.1. The molecule has 1 aromatic carbocycles. The molecule has 2 aromatic rings. The van der Waals surface area contributed by atoms with Crippen LogP contribution in [0, 0.1) is 11.3 Å². The molecule has 1 unspecified atom stereocenters. The molecule has 1 aromatic heterocycles. The molecule has 110 valence electrons. The van der Waals surface area contributed by atoms with E-state index in [4.69, 9.17) is 34.2 Å². The summed E-state index contributed by atoms with van der Waals surface area (Å²) >= 11 is 13.9. The third-order valence-electron chi connectivity index (χ3n) is 3.19. The number of hydrogen-bond acceptors (Lipinski definition) is 4. The maximum Gasteiger partial charge on any atom is 0.320 e. The van der Waals surface area contributed by atoms with E-state index in [2.05, 4.69) is 4.98 Å². The van der Waals surface area contributed by atoms with Gasteiger partial charge in [0.25, 0.3) is 0 Å². The molecule has 0 spiro atoms. The molecule has 2 amide bonds. The fraction of sp³-hybridized carbons (Fsp3) is 0.0714. The van der Waals surface area contributed by atoms with Crippen LogP contribution < -0.4 is 10.6 Å². The number of amides is 2. The number of anilines is 1. The highest BCUT2D eigenvalue weighted by Crippen LogP contribution is 2.53. The average Bonchev–Trinajstić information content (AvgIpc) is 2.85. The lowest BCUT2D eigenvalue weighted by Gasteiger charge is -2.24. The minimum atomic E-state index is -0.612. The fourth-order valence-corrected chi connectivity index (χ4v) is 4.44. The first kappa shape index (κ1) is 15.0. The summed E-state index contributed by atoms with van der Waals surface area (Å²) in [5, 5.41) is 9.09. The van der Waals surface area contributed by atoms with E-state index in [1.54, 1.807) is 18.5 Å². The van der Waals surface area contributed by atoms with Crippen molar-refractivity contribution in [2.75, 3.05) is 4.90 Å². The van der Waals surface area contributed by atoms with Crippen molar-refractivity contribution < 1.29 is 4.79 Å². The number of carbonyl (C=O) groups is 1. The van der Waals surface area contributed by atoms with Gasteiger partial charge in [0.05, 0.1) is 22.2 Å². The summed E-state index contributed by atoms with van der Waals surface area (Å²) in [5.41, 5.74) is 7.07. The van der Waals surface area contributed by atoms with Crippen LogP contribution in [0.5, 0.6) is 0 Å². The normalized spacial score (nSPS) is 16.2. The summed E-state index contributed by atoms with van der Waals surface area (Å²) < 4.78 is 0. The Bertz CT molecular complexity index is 798. The third kappa shape index (κ3) is 2.37. The summed E-state index contributed by atoms with van der Waals surface area (Å²) in [6, 6.07) is 6.12. The van der Waals surface area contributed by atoms with Crippen LogP contribution in [-0.2, 0) is 0 Å². The number of aromatic nitrogens is 1. The Labute approximate surface area is 140 Å². The predicted octanol–water partition coefficient (Wildman–Crippen LogP) is 3.95. The first-order valence-electron chi connectivity index (χ1n) is 6.11. The van der Waals surface area contributed by atoms with Crippen LogP contribution in [0.1, 0.15) is 16.5 Å². The predicted molar refractivity (Wildman–Crippen MR) is 86.1 cm³/mol. The van der Waals surface area contributed by atoms with Gasteiger partial charge in [0.1, 0.15) is 5.37 Å². The highest BCUT2D eigenvalue weighted by Gasteiger charge is 2.37. The first-order valence-corrected chi connectivity index (χ1v) is 7.75. The Balaban J connectivity index is 2.14. The number of nitrogens with two attached hydrogens (primary N) is 1. The number of pyridine rings is 1. The van der Waals surface area contributed by atoms with Gasteiger partial charge >= 0.3 is 6.03 Å². The zero-order valence-electron chi connectivity index (χ0n) is 11.0. The number of thioether (sulfide) groups is 1. The Kier molecular flexibility index (Phi) is 3.87. The van der Waals surface area contributed by atoms with E-state index in [-0.39, 0.29) is 0 Å². The number of benzene rings is 1. The molecule has 1 aliphatic heterocycles. The van der Waals surface area contributed by atoms with Crippen molar-refractivity contribution in [3.63, 3.8) is 0 Å². The molecule has 0 radical (unpaired) electrons. The number of nitriles is 1. The highest BCUT2D eigenvalue weighted by molar-refractivity contribution is 8.00. The minimum Gasteiger partial charge on any atom is -0.351 e. The van der Waals surface area contributed by atoms with Crippen LogP contribution in [0.3, 0.4) is 0 Å². The molecule has 0 fully saturated rings. The molecular formula is C14H8Cl2N4OS. The number of rotatable bonds is 1. The van der Waals surface area contributed by atoms with Crippen molar-refractivity contribution in [1.29, 1.82) is 5.26 Å². The second-order valence-corrected chi connectivity index (χ2v) is 6.42. The van der Waals surface area contributed by atoms with Gasteiger partial charge in [0, 0.05) is 28.0 Å². The number of fused-ring (bicyclic) bond motifs is 1. The smallest absolute Gasteiger partial charge is 0.320 e. The number of carbonyl (C=O) groups excluding carboxylic acids is 1. The summed E-state index contributed by atoms with van der Waals surface area (Å²) in [7, 11) is 0. The first-order chi connectivity index (χ1) is 10.5. The Morgan fingerprint density at radius 3 is 2.68 bits per heavy atom.